The average molecular weight is 287 g/mol. The summed E-state index contributed by atoms with van der Waals surface area (Å²) in [6, 6.07) is 10.3. The molecule has 0 amide bonds. The van der Waals surface area contributed by atoms with Crippen LogP contribution in [-0.2, 0) is 5.41 Å². The van der Waals surface area contributed by atoms with Crippen LogP contribution in [0, 0.1) is 5.41 Å². The molecule has 21 heavy (non-hydrogen) atoms. The summed E-state index contributed by atoms with van der Waals surface area (Å²) in [5, 5.41) is 3.88. The van der Waals surface area contributed by atoms with Crippen molar-refractivity contribution in [1.82, 2.24) is 5.32 Å². The molecule has 1 aromatic rings. The standard InChI is InChI=1S/C20H33N/c1-15(21-18-9-7-8-14-20(18,5)6)16-10-12-17(13-11-16)19(2,3)4/h10-13,15,18,21H,7-9,14H2,1-6H3. The van der Waals surface area contributed by atoms with E-state index in [1.54, 1.807) is 0 Å². The molecule has 0 heterocycles. The molecule has 0 saturated heterocycles. The molecule has 1 fully saturated rings. The van der Waals surface area contributed by atoms with Crippen molar-refractivity contribution in [1.29, 1.82) is 0 Å². The Kier molecular flexibility index (Phi) is 4.82. The van der Waals surface area contributed by atoms with Crippen LogP contribution < -0.4 is 5.32 Å². The number of hydrogen-bond donors (Lipinski definition) is 1. The molecule has 2 unspecified atom stereocenters. The lowest BCUT2D eigenvalue weighted by Crippen LogP contribution is -2.45. The molecule has 2 rings (SSSR count). The van der Waals surface area contributed by atoms with Crippen LogP contribution in [-0.4, -0.2) is 6.04 Å². The molecule has 1 aliphatic carbocycles. The Labute approximate surface area is 131 Å². The van der Waals surface area contributed by atoms with Crippen LogP contribution in [0.4, 0.5) is 0 Å². The number of rotatable bonds is 3. The maximum Gasteiger partial charge on any atom is 0.0294 e. The molecule has 118 valence electrons. The maximum absolute atomic E-state index is 3.88. The Bertz CT molecular complexity index is 450. The zero-order chi connectivity index (χ0) is 15.7. The minimum absolute atomic E-state index is 0.237. The monoisotopic (exact) mass is 287 g/mol. The Morgan fingerprint density at radius 3 is 2.24 bits per heavy atom. The second-order valence-corrected chi connectivity index (χ2v) is 8.55. The number of benzene rings is 1. The SMILES string of the molecule is CC(NC1CCCCC1(C)C)c1ccc(C(C)(C)C)cc1. The van der Waals surface area contributed by atoms with E-state index in [4.69, 9.17) is 0 Å². The van der Waals surface area contributed by atoms with Gasteiger partial charge in [0.25, 0.3) is 0 Å². The summed E-state index contributed by atoms with van der Waals surface area (Å²) in [6.07, 6.45) is 5.42. The van der Waals surface area contributed by atoms with Crippen LogP contribution in [0.2, 0.25) is 0 Å². The van der Waals surface area contributed by atoms with Crippen molar-refractivity contribution in [2.24, 2.45) is 5.41 Å². The molecule has 1 aromatic carbocycles. The first-order chi connectivity index (χ1) is 9.70. The molecule has 1 nitrogen and oxygen atoms in total. The van der Waals surface area contributed by atoms with Gasteiger partial charge in [0.2, 0.25) is 0 Å². The van der Waals surface area contributed by atoms with E-state index in [1.165, 1.54) is 36.8 Å². The van der Waals surface area contributed by atoms with Crippen LogP contribution >= 0.6 is 0 Å². The highest BCUT2D eigenvalue weighted by molar-refractivity contribution is 5.29. The van der Waals surface area contributed by atoms with Gasteiger partial charge in [-0.05, 0) is 41.7 Å². The van der Waals surface area contributed by atoms with Crippen LogP contribution in [0.5, 0.6) is 0 Å². The largest absolute Gasteiger partial charge is 0.307 e. The van der Waals surface area contributed by atoms with E-state index in [9.17, 15) is 0 Å². The van der Waals surface area contributed by atoms with E-state index in [1.807, 2.05) is 0 Å². The maximum atomic E-state index is 3.88. The van der Waals surface area contributed by atoms with Crippen molar-refractivity contribution in [3.8, 4) is 0 Å². The van der Waals surface area contributed by atoms with Gasteiger partial charge in [-0.25, -0.2) is 0 Å². The molecule has 2 atom stereocenters. The van der Waals surface area contributed by atoms with Crippen molar-refractivity contribution in [2.45, 2.75) is 84.7 Å². The Hall–Kier alpha value is -0.820. The molecule has 1 saturated carbocycles. The van der Waals surface area contributed by atoms with Crippen molar-refractivity contribution < 1.29 is 0 Å². The first-order valence-corrected chi connectivity index (χ1v) is 8.57. The van der Waals surface area contributed by atoms with E-state index in [0.717, 1.165) is 0 Å². The second kappa shape index (κ2) is 6.12. The Balaban J connectivity index is 2.04. The van der Waals surface area contributed by atoms with Gasteiger partial charge in [-0.15, -0.1) is 0 Å². The smallest absolute Gasteiger partial charge is 0.0294 e. The highest BCUT2D eigenvalue weighted by Crippen LogP contribution is 2.36. The van der Waals surface area contributed by atoms with Gasteiger partial charge < -0.3 is 5.32 Å². The zero-order valence-electron chi connectivity index (χ0n) is 14.8. The summed E-state index contributed by atoms with van der Waals surface area (Å²) in [5.74, 6) is 0. The van der Waals surface area contributed by atoms with Gasteiger partial charge in [0, 0.05) is 12.1 Å². The summed E-state index contributed by atoms with van der Waals surface area (Å²) in [5.41, 5.74) is 3.49. The van der Waals surface area contributed by atoms with Crippen LogP contribution in [0.1, 0.15) is 84.4 Å². The first-order valence-electron chi connectivity index (χ1n) is 8.57. The third-order valence-corrected chi connectivity index (χ3v) is 5.24. The second-order valence-electron chi connectivity index (χ2n) is 8.55. The third-order valence-electron chi connectivity index (χ3n) is 5.24. The normalized spacial score (nSPS) is 23.8. The van der Waals surface area contributed by atoms with Gasteiger partial charge in [0.15, 0.2) is 0 Å². The van der Waals surface area contributed by atoms with Gasteiger partial charge in [-0.3, -0.25) is 0 Å². The number of hydrogen-bond acceptors (Lipinski definition) is 1. The molecule has 0 aliphatic heterocycles. The summed E-state index contributed by atoms with van der Waals surface area (Å²) in [6.45, 7) is 14.0. The molecule has 1 aliphatic rings. The van der Waals surface area contributed by atoms with Crippen LogP contribution in [0.3, 0.4) is 0 Å². The van der Waals surface area contributed by atoms with E-state index < -0.39 is 0 Å². The lowest BCUT2D eigenvalue weighted by molar-refractivity contribution is 0.157. The Morgan fingerprint density at radius 1 is 1.10 bits per heavy atom. The van der Waals surface area contributed by atoms with E-state index in [2.05, 4.69) is 71.1 Å². The fourth-order valence-electron chi connectivity index (χ4n) is 3.47. The fourth-order valence-corrected chi connectivity index (χ4v) is 3.47. The quantitative estimate of drug-likeness (QED) is 0.762. The van der Waals surface area contributed by atoms with E-state index in [0.29, 0.717) is 17.5 Å². The van der Waals surface area contributed by atoms with Gasteiger partial charge in [-0.1, -0.05) is 71.7 Å². The average Bonchev–Trinajstić information content (AvgIpc) is 2.40. The molecule has 1 heteroatoms. The lowest BCUT2D eigenvalue weighted by Gasteiger charge is -2.41. The van der Waals surface area contributed by atoms with Crippen molar-refractivity contribution >= 4 is 0 Å². The molecule has 0 radical (unpaired) electrons. The number of nitrogens with one attached hydrogen (secondary N) is 1. The summed E-state index contributed by atoms with van der Waals surface area (Å²) < 4.78 is 0. The highest BCUT2D eigenvalue weighted by atomic mass is 15.0. The van der Waals surface area contributed by atoms with Crippen LogP contribution in [0.25, 0.3) is 0 Å². The van der Waals surface area contributed by atoms with Crippen molar-refractivity contribution in [2.75, 3.05) is 0 Å². The fraction of sp³-hybridized carbons (Fsp3) is 0.700. The van der Waals surface area contributed by atoms with E-state index in [-0.39, 0.29) is 5.41 Å². The van der Waals surface area contributed by atoms with Gasteiger partial charge in [0.05, 0.1) is 0 Å². The van der Waals surface area contributed by atoms with Gasteiger partial charge >= 0.3 is 0 Å². The van der Waals surface area contributed by atoms with Crippen LogP contribution in [0.15, 0.2) is 24.3 Å². The predicted octanol–water partition coefficient (Wildman–Crippen LogP) is 5.60. The minimum Gasteiger partial charge on any atom is -0.307 e. The molecule has 0 bridgehead atoms. The summed E-state index contributed by atoms with van der Waals surface area (Å²) in [7, 11) is 0. The lowest BCUT2D eigenvalue weighted by atomic mass is 9.73. The minimum atomic E-state index is 0.237. The van der Waals surface area contributed by atoms with Gasteiger partial charge in [0.1, 0.15) is 0 Å². The van der Waals surface area contributed by atoms with E-state index >= 15 is 0 Å². The molecular formula is C20H33N. The topological polar surface area (TPSA) is 12.0 Å². The van der Waals surface area contributed by atoms with Gasteiger partial charge in [-0.2, -0.15) is 0 Å². The predicted molar refractivity (Wildman–Crippen MR) is 92.7 cm³/mol. The molecular weight excluding hydrogens is 254 g/mol. The van der Waals surface area contributed by atoms with Crippen molar-refractivity contribution in [3.63, 3.8) is 0 Å². The molecule has 1 N–H and O–H groups in total. The molecule has 0 spiro atoms. The molecule has 0 aromatic heterocycles. The van der Waals surface area contributed by atoms with Crippen molar-refractivity contribution in [3.05, 3.63) is 35.4 Å². The Morgan fingerprint density at radius 2 is 1.71 bits per heavy atom. The third kappa shape index (κ3) is 4.10. The highest BCUT2D eigenvalue weighted by Gasteiger charge is 2.32. The summed E-state index contributed by atoms with van der Waals surface area (Å²) in [4.78, 5) is 0. The zero-order valence-corrected chi connectivity index (χ0v) is 14.8. The first kappa shape index (κ1) is 16.5. The summed E-state index contributed by atoms with van der Waals surface area (Å²) >= 11 is 0.